The van der Waals surface area contributed by atoms with Gasteiger partial charge < -0.3 is 5.32 Å². The van der Waals surface area contributed by atoms with Crippen LogP contribution in [0.3, 0.4) is 0 Å². The molecule has 1 aromatic carbocycles. The van der Waals surface area contributed by atoms with Crippen LogP contribution in [0, 0.1) is 11.8 Å². The summed E-state index contributed by atoms with van der Waals surface area (Å²) in [5, 5.41) is 3.63. The SMILES string of the molecule is CCNC1C(C)C(c2ccc(Br)cc2)C1CC. The molecule has 0 aromatic heterocycles. The minimum absolute atomic E-state index is 0.707. The van der Waals surface area contributed by atoms with Crippen molar-refractivity contribution in [3.8, 4) is 0 Å². The van der Waals surface area contributed by atoms with Gasteiger partial charge in [-0.2, -0.15) is 0 Å². The Labute approximate surface area is 113 Å². The lowest BCUT2D eigenvalue weighted by atomic mass is 9.58. The summed E-state index contributed by atoms with van der Waals surface area (Å²) >= 11 is 3.51. The molecule has 94 valence electrons. The molecule has 1 saturated carbocycles. The maximum absolute atomic E-state index is 3.63. The quantitative estimate of drug-likeness (QED) is 0.878. The lowest BCUT2D eigenvalue weighted by Crippen LogP contribution is -2.55. The van der Waals surface area contributed by atoms with Crippen LogP contribution >= 0.6 is 15.9 Å². The summed E-state index contributed by atoms with van der Waals surface area (Å²) in [6, 6.07) is 9.58. The number of hydrogen-bond donors (Lipinski definition) is 1. The number of halogens is 1. The Kier molecular flexibility index (Phi) is 4.26. The van der Waals surface area contributed by atoms with Gasteiger partial charge in [-0.3, -0.25) is 0 Å². The summed E-state index contributed by atoms with van der Waals surface area (Å²) in [5.74, 6) is 2.28. The van der Waals surface area contributed by atoms with E-state index in [-0.39, 0.29) is 0 Å². The Morgan fingerprint density at radius 2 is 1.82 bits per heavy atom. The molecule has 1 nitrogen and oxygen atoms in total. The number of benzene rings is 1. The van der Waals surface area contributed by atoms with E-state index in [2.05, 4.69) is 66.3 Å². The van der Waals surface area contributed by atoms with E-state index in [1.54, 1.807) is 0 Å². The van der Waals surface area contributed by atoms with Crippen molar-refractivity contribution in [2.45, 2.75) is 39.2 Å². The van der Waals surface area contributed by atoms with E-state index in [9.17, 15) is 0 Å². The smallest absolute Gasteiger partial charge is 0.0175 e. The topological polar surface area (TPSA) is 12.0 Å². The summed E-state index contributed by atoms with van der Waals surface area (Å²) in [4.78, 5) is 0. The van der Waals surface area contributed by atoms with Crippen molar-refractivity contribution in [2.75, 3.05) is 6.54 Å². The van der Waals surface area contributed by atoms with E-state index in [0.717, 1.165) is 24.3 Å². The number of nitrogens with one attached hydrogen (secondary N) is 1. The first kappa shape index (κ1) is 13.1. The maximum atomic E-state index is 3.63. The second kappa shape index (κ2) is 5.53. The predicted octanol–water partition coefficient (Wildman–Crippen LogP) is 4.19. The second-order valence-electron chi connectivity index (χ2n) is 5.09. The Morgan fingerprint density at radius 1 is 1.18 bits per heavy atom. The molecule has 0 saturated heterocycles. The molecule has 4 unspecified atom stereocenters. The summed E-state index contributed by atoms with van der Waals surface area (Å²) in [6.07, 6.45) is 1.27. The minimum Gasteiger partial charge on any atom is -0.314 e. The van der Waals surface area contributed by atoms with E-state index in [0.29, 0.717) is 6.04 Å². The molecule has 1 fully saturated rings. The lowest BCUT2D eigenvalue weighted by Gasteiger charge is -2.51. The molecule has 0 aliphatic heterocycles. The monoisotopic (exact) mass is 295 g/mol. The highest BCUT2D eigenvalue weighted by atomic mass is 79.9. The van der Waals surface area contributed by atoms with Crippen molar-refractivity contribution in [1.29, 1.82) is 0 Å². The van der Waals surface area contributed by atoms with E-state index in [1.807, 2.05) is 0 Å². The summed E-state index contributed by atoms with van der Waals surface area (Å²) in [5.41, 5.74) is 1.50. The predicted molar refractivity (Wildman–Crippen MR) is 77.3 cm³/mol. The van der Waals surface area contributed by atoms with Gasteiger partial charge in [0.05, 0.1) is 0 Å². The van der Waals surface area contributed by atoms with Crippen LogP contribution in [0.4, 0.5) is 0 Å². The van der Waals surface area contributed by atoms with Gasteiger partial charge in [0, 0.05) is 10.5 Å². The Bertz CT molecular complexity index is 360. The van der Waals surface area contributed by atoms with Gasteiger partial charge in [0.2, 0.25) is 0 Å². The van der Waals surface area contributed by atoms with E-state index >= 15 is 0 Å². The Morgan fingerprint density at radius 3 is 2.35 bits per heavy atom. The molecule has 0 radical (unpaired) electrons. The molecule has 0 bridgehead atoms. The van der Waals surface area contributed by atoms with Crippen LogP contribution in [-0.2, 0) is 0 Å². The molecule has 0 amide bonds. The largest absolute Gasteiger partial charge is 0.314 e. The van der Waals surface area contributed by atoms with Gasteiger partial charge in [0.25, 0.3) is 0 Å². The zero-order valence-corrected chi connectivity index (χ0v) is 12.5. The van der Waals surface area contributed by atoms with Crippen molar-refractivity contribution in [3.05, 3.63) is 34.3 Å². The third-order valence-corrected chi connectivity index (χ3v) is 4.75. The molecule has 0 heterocycles. The lowest BCUT2D eigenvalue weighted by molar-refractivity contribution is 0.0799. The highest BCUT2D eigenvalue weighted by Gasteiger charge is 2.46. The van der Waals surface area contributed by atoms with Crippen LogP contribution in [0.2, 0.25) is 0 Å². The molecule has 17 heavy (non-hydrogen) atoms. The van der Waals surface area contributed by atoms with E-state index in [4.69, 9.17) is 0 Å². The molecule has 4 atom stereocenters. The van der Waals surface area contributed by atoms with Crippen LogP contribution < -0.4 is 5.32 Å². The first-order valence-corrected chi connectivity index (χ1v) is 7.47. The molecule has 1 aliphatic carbocycles. The van der Waals surface area contributed by atoms with Crippen molar-refractivity contribution >= 4 is 15.9 Å². The molecule has 2 rings (SSSR count). The molecular weight excluding hydrogens is 274 g/mol. The van der Waals surface area contributed by atoms with Gasteiger partial charge in [0.15, 0.2) is 0 Å². The van der Waals surface area contributed by atoms with E-state index in [1.165, 1.54) is 16.5 Å². The molecule has 1 aromatic rings. The normalized spacial score (nSPS) is 32.2. The summed E-state index contributed by atoms with van der Waals surface area (Å²) in [6.45, 7) is 7.98. The zero-order valence-electron chi connectivity index (χ0n) is 10.9. The minimum atomic E-state index is 0.707. The summed E-state index contributed by atoms with van der Waals surface area (Å²) in [7, 11) is 0. The fourth-order valence-corrected chi connectivity index (χ4v) is 3.66. The van der Waals surface area contributed by atoms with Gasteiger partial charge in [-0.15, -0.1) is 0 Å². The van der Waals surface area contributed by atoms with Gasteiger partial charge >= 0.3 is 0 Å². The van der Waals surface area contributed by atoms with Gasteiger partial charge in [-0.25, -0.2) is 0 Å². The molecule has 2 heteroatoms. The van der Waals surface area contributed by atoms with Crippen molar-refractivity contribution < 1.29 is 0 Å². The Balaban J connectivity index is 2.14. The van der Waals surface area contributed by atoms with Crippen LogP contribution in [0.25, 0.3) is 0 Å². The highest BCUT2D eigenvalue weighted by molar-refractivity contribution is 9.10. The van der Waals surface area contributed by atoms with Crippen molar-refractivity contribution in [1.82, 2.24) is 5.32 Å². The van der Waals surface area contributed by atoms with Gasteiger partial charge in [-0.05, 0) is 42.0 Å². The fraction of sp³-hybridized carbons (Fsp3) is 0.600. The molecule has 1 aliphatic rings. The maximum Gasteiger partial charge on any atom is 0.0175 e. The third-order valence-electron chi connectivity index (χ3n) is 4.22. The number of rotatable bonds is 4. The molecule has 0 spiro atoms. The van der Waals surface area contributed by atoms with Crippen LogP contribution in [0.1, 0.15) is 38.7 Å². The number of hydrogen-bond acceptors (Lipinski definition) is 1. The first-order chi connectivity index (χ1) is 8.19. The van der Waals surface area contributed by atoms with Gasteiger partial charge in [0.1, 0.15) is 0 Å². The first-order valence-electron chi connectivity index (χ1n) is 6.67. The average molecular weight is 296 g/mol. The van der Waals surface area contributed by atoms with Crippen LogP contribution in [0.5, 0.6) is 0 Å². The highest BCUT2D eigenvalue weighted by Crippen LogP contribution is 2.49. The fourth-order valence-electron chi connectivity index (χ4n) is 3.40. The van der Waals surface area contributed by atoms with Gasteiger partial charge in [-0.1, -0.05) is 55.3 Å². The van der Waals surface area contributed by atoms with Crippen LogP contribution in [0.15, 0.2) is 28.7 Å². The summed E-state index contributed by atoms with van der Waals surface area (Å²) < 4.78 is 1.17. The standard InChI is InChI=1S/C15H22BrN/c1-4-13-14(10(3)15(13)17-5-2)11-6-8-12(16)9-7-11/h6-10,13-15,17H,4-5H2,1-3H3. The van der Waals surface area contributed by atoms with Crippen molar-refractivity contribution in [3.63, 3.8) is 0 Å². The van der Waals surface area contributed by atoms with Crippen molar-refractivity contribution in [2.24, 2.45) is 11.8 Å². The zero-order chi connectivity index (χ0) is 12.4. The Hall–Kier alpha value is -0.340. The third kappa shape index (κ3) is 2.43. The molecule has 1 N–H and O–H groups in total. The van der Waals surface area contributed by atoms with E-state index < -0.39 is 0 Å². The molecular formula is C15H22BrN. The average Bonchev–Trinajstić information content (AvgIpc) is 2.34. The second-order valence-corrected chi connectivity index (χ2v) is 6.01. The van der Waals surface area contributed by atoms with Crippen LogP contribution in [-0.4, -0.2) is 12.6 Å².